The summed E-state index contributed by atoms with van der Waals surface area (Å²) >= 11 is 0. The number of nitrogens with zero attached hydrogens (tertiary/aromatic N) is 1. The Labute approximate surface area is 190 Å². The molecule has 0 atom stereocenters. The van der Waals surface area contributed by atoms with Crippen LogP contribution in [0.15, 0.2) is 53.5 Å². The lowest BCUT2D eigenvalue weighted by Gasteiger charge is -2.13. The lowest BCUT2D eigenvalue weighted by atomic mass is 10.1. The van der Waals surface area contributed by atoms with Gasteiger partial charge in [-0.3, -0.25) is 9.79 Å². The van der Waals surface area contributed by atoms with Crippen molar-refractivity contribution in [1.29, 1.82) is 0 Å². The van der Waals surface area contributed by atoms with Gasteiger partial charge in [-0.15, -0.1) is 24.0 Å². The molecule has 1 amide bonds. The zero-order chi connectivity index (χ0) is 21.3. The summed E-state index contributed by atoms with van der Waals surface area (Å²) in [6, 6.07) is 11.9. The maximum Gasteiger partial charge on any atom is 0.416 e. The topological polar surface area (TPSA) is 74.8 Å². The number of carbonyl (C=O) groups is 1. The number of amides is 1. The number of guanidine groups is 1. The number of rotatable bonds is 7. The maximum absolute atomic E-state index is 12.8. The first-order valence-corrected chi connectivity index (χ1v) is 8.86. The predicted octanol–water partition coefficient (Wildman–Crippen LogP) is 3.43. The summed E-state index contributed by atoms with van der Waals surface area (Å²) in [4.78, 5) is 16.1. The first-order valence-electron chi connectivity index (χ1n) is 8.86. The van der Waals surface area contributed by atoms with Crippen LogP contribution in [0.5, 0.6) is 5.75 Å². The van der Waals surface area contributed by atoms with E-state index in [1.54, 1.807) is 37.4 Å². The number of aliphatic imine (C=N–C) groups is 1. The first-order chi connectivity index (χ1) is 13.8. The van der Waals surface area contributed by atoms with E-state index in [0.29, 0.717) is 35.9 Å². The molecule has 0 aromatic heterocycles. The highest BCUT2D eigenvalue weighted by Gasteiger charge is 2.30. The van der Waals surface area contributed by atoms with Crippen molar-refractivity contribution in [2.24, 2.45) is 4.99 Å². The normalized spacial score (nSPS) is 11.3. The number of hydrogen-bond acceptors (Lipinski definition) is 3. The molecule has 0 spiro atoms. The molecular weight excluding hydrogens is 512 g/mol. The van der Waals surface area contributed by atoms with Gasteiger partial charge in [0.05, 0.1) is 12.7 Å². The van der Waals surface area contributed by atoms with Crippen LogP contribution in [0.4, 0.5) is 13.2 Å². The number of alkyl halides is 3. The van der Waals surface area contributed by atoms with E-state index in [4.69, 9.17) is 4.74 Å². The Morgan fingerprint density at radius 3 is 2.40 bits per heavy atom. The Balaban J connectivity index is 0.00000450. The second-order valence-corrected chi connectivity index (χ2v) is 6.04. The third kappa shape index (κ3) is 8.09. The number of carbonyl (C=O) groups excluding carboxylic acids is 1. The molecule has 0 heterocycles. The van der Waals surface area contributed by atoms with Gasteiger partial charge in [-0.1, -0.05) is 18.2 Å². The van der Waals surface area contributed by atoms with Crippen LogP contribution in [0.25, 0.3) is 0 Å². The van der Waals surface area contributed by atoms with E-state index < -0.39 is 11.7 Å². The van der Waals surface area contributed by atoms with Crippen LogP contribution >= 0.6 is 24.0 Å². The van der Waals surface area contributed by atoms with Gasteiger partial charge in [0, 0.05) is 32.2 Å². The second-order valence-electron chi connectivity index (χ2n) is 6.04. The zero-order valence-corrected chi connectivity index (χ0v) is 18.9. The smallest absolute Gasteiger partial charge is 0.416 e. The van der Waals surface area contributed by atoms with Gasteiger partial charge in [-0.25, -0.2) is 0 Å². The first kappa shape index (κ1) is 25.5. The SMILES string of the molecule is CN=C(NCCNC(=O)c1cccc(OC)c1)NCc1cccc(C(F)(F)F)c1.I. The number of benzene rings is 2. The minimum absolute atomic E-state index is 0. The van der Waals surface area contributed by atoms with Crippen molar-refractivity contribution in [2.45, 2.75) is 12.7 Å². The highest BCUT2D eigenvalue weighted by atomic mass is 127. The molecule has 0 radical (unpaired) electrons. The summed E-state index contributed by atoms with van der Waals surface area (Å²) in [5.41, 5.74) is 0.269. The molecule has 0 aliphatic carbocycles. The molecule has 0 unspecified atom stereocenters. The Hall–Kier alpha value is -2.50. The molecule has 0 aliphatic heterocycles. The average Bonchev–Trinajstić information content (AvgIpc) is 2.72. The minimum atomic E-state index is -4.38. The van der Waals surface area contributed by atoms with E-state index in [2.05, 4.69) is 20.9 Å². The standard InChI is InChI=1S/C20H23F3N4O2.HI/c1-24-19(27-13-14-5-3-7-16(11-14)20(21,22)23)26-10-9-25-18(28)15-6-4-8-17(12-15)29-2;/h3-8,11-12H,9-10,13H2,1-2H3,(H,25,28)(H2,24,26,27);1H. The molecule has 6 nitrogen and oxygen atoms in total. The van der Waals surface area contributed by atoms with E-state index in [1.807, 2.05) is 0 Å². The number of ether oxygens (including phenoxy) is 1. The van der Waals surface area contributed by atoms with Crippen molar-refractivity contribution < 1.29 is 22.7 Å². The Morgan fingerprint density at radius 1 is 1.03 bits per heavy atom. The van der Waals surface area contributed by atoms with Crippen LogP contribution in [-0.2, 0) is 12.7 Å². The van der Waals surface area contributed by atoms with Gasteiger partial charge < -0.3 is 20.7 Å². The minimum Gasteiger partial charge on any atom is -0.497 e. The molecule has 0 saturated heterocycles. The molecule has 10 heteroatoms. The van der Waals surface area contributed by atoms with Crippen molar-refractivity contribution in [3.63, 3.8) is 0 Å². The summed E-state index contributed by atoms with van der Waals surface area (Å²) < 4.78 is 43.4. The van der Waals surface area contributed by atoms with Crippen LogP contribution < -0.4 is 20.7 Å². The van der Waals surface area contributed by atoms with E-state index >= 15 is 0 Å². The van der Waals surface area contributed by atoms with Gasteiger partial charge in [0.1, 0.15) is 5.75 Å². The fraction of sp³-hybridized carbons (Fsp3) is 0.300. The summed E-state index contributed by atoms with van der Waals surface area (Å²) in [5, 5.41) is 8.70. The quantitative estimate of drug-likeness (QED) is 0.220. The van der Waals surface area contributed by atoms with Gasteiger partial charge in [0.25, 0.3) is 5.91 Å². The Kier molecular flexibility index (Phi) is 10.4. The number of methoxy groups -OCH3 is 1. The highest BCUT2D eigenvalue weighted by Crippen LogP contribution is 2.29. The number of nitrogens with one attached hydrogen (secondary N) is 3. The van der Waals surface area contributed by atoms with Crippen molar-refractivity contribution in [1.82, 2.24) is 16.0 Å². The molecule has 0 aliphatic rings. The predicted molar refractivity (Wildman–Crippen MR) is 120 cm³/mol. The fourth-order valence-electron chi connectivity index (χ4n) is 2.49. The van der Waals surface area contributed by atoms with E-state index in [9.17, 15) is 18.0 Å². The lowest BCUT2D eigenvalue weighted by Crippen LogP contribution is -2.41. The molecule has 0 fully saturated rings. The van der Waals surface area contributed by atoms with Crippen molar-refractivity contribution in [3.8, 4) is 5.75 Å². The lowest BCUT2D eigenvalue weighted by molar-refractivity contribution is -0.137. The maximum atomic E-state index is 12.8. The van der Waals surface area contributed by atoms with Crippen LogP contribution in [0.3, 0.4) is 0 Å². The number of halogens is 4. The summed E-state index contributed by atoms with van der Waals surface area (Å²) in [6.07, 6.45) is -4.38. The van der Waals surface area contributed by atoms with E-state index in [0.717, 1.165) is 12.1 Å². The monoisotopic (exact) mass is 536 g/mol. The molecule has 2 aromatic carbocycles. The van der Waals surface area contributed by atoms with Gasteiger partial charge >= 0.3 is 6.18 Å². The van der Waals surface area contributed by atoms with Gasteiger partial charge in [-0.05, 0) is 35.9 Å². The van der Waals surface area contributed by atoms with Crippen molar-refractivity contribution in [2.75, 3.05) is 27.2 Å². The Bertz CT molecular complexity index is 860. The van der Waals surface area contributed by atoms with Crippen LogP contribution in [-0.4, -0.2) is 39.1 Å². The van der Waals surface area contributed by atoms with E-state index in [-0.39, 0.29) is 36.4 Å². The summed E-state index contributed by atoms with van der Waals surface area (Å²) in [7, 11) is 3.08. The van der Waals surface area contributed by atoms with Gasteiger partial charge in [-0.2, -0.15) is 13.2 Å². The third-order valence-electron chi connectivity index (χ3n) is 3.97. The van der Waals surface area contributed by atoms with Gasteiger partial charge in [0.2, 0.25) is 0 Å². The second kappa shape index (κ2) is 12.3. The third-order valence-corrected chi connectivity index (χ3v) is 3.97. The number of hydrogen-bond donors (Lipinski definition) is 3. The Morgan fingerprint density at radius 2 is 1.73 bits per heavy atom. The largest absolute Gasteiger partial charge is 0.497 e. The fourth-order valence-corrected chi connectivity index (χ4v) is 2.49. The summed E-state index contributed by atoms with van der Waals surface area (Å²) in [5.74, 6) is 0.769. The molecule has 0 saturated carbocycles. The average molecular weight is 536 g/mol. The molecule has 0 bridgehead atoms. The van der Waals surface area contributed by atoms with Crippen LogP contribution in [0.1, 0.15) is 21.5 Å². The zero-order valence-electron chi connectivity index (χ0n) is 16.5. The van der Waals surface area contributed by atoms with Gasteiger partial charge in [0.15, 0.2) is 5.96 Å². The molecular formula is C20H24F3IN4O2. The van der Waals surface area contributed by atoms with Crippen LogP contribution in [0, 0.1) is 0 Å². The molecule has 3 N–H and O–H groups in total. The summed E-state index contributed by atoms with van der Waals surface area (Å²) in [6.45, 7) is 0.901. The van der Waals surface area contributed by atoms with E-state index in [1.165, 1.54) is 13.2 Å². The molecule has 164 valence electrons. The van der Waals surface area contributed by atoms with Crippen LogP contribution in [0.2, 0.25) is 0 Å². The van der Waals surface area contributed by atoms with Crippen molar-refractivity contribution in [3.05, 3.63) is 65.2 Å². The molecule has 30 heavy (non-hydrogen) atoms. The molecule has 2 aromatic rings. The van der Waals surface area contributed by atoms with Crippen molar-refractivity contribution >= 4 is 35.8 Å². The highest BCUT2D eigenvalue weighted by molar-refractivity contribution is 14.0. The molecule has 2 rings (SSSR count).